The molecule has 18 heavy (non-hydrogen) atoms. The fourth-order valence-electron chi connectivity index (χ4n) is 2.22. The lowest BCUT2D eigenvalue weighted by Gasteiger charge is -2.18. The molecule has 2 N–H and O–H groups in total. The van der Waals surface area contributed by atoms with Gasteiger partial charge in [-0.1, -0.05) is 45.9 Å². The lowest BCUT2D eigenvalue weighted by atomic mass is 9.87. The van der Waals surface area contributed by atoms with E-state index in [0.29, 0.717) is 12.5 Å². The molecule has 0 aliphatic carbocycles. The van der Waals surface area contributed by atoms with E-state index in [0.717, 1.165) is 12.0 Å². The molecule has 0 bridgehead atoms. The highest BCUT2D eigenvalue weighted by molar-refractivity contribution is 5.98. The molecule has 1 atom stereocenters. The summed E-state index contributed by atoms with van der Waals surface area (Å²) < 4.78 is 0. The summed E-state index contributed by atoms with van der Waals surface area (Å²) in [7, 11) is 0. The van der Waals surface area contributed by atoms with Gasteiger partial charge in [-0.25, -0.2) is 0 Å². The number of carbonyl (C=O) groups excluding carboxylic acids is 1. The third-order valence-corrected chi connectivity index (χ3v) is 3.25. The SMILES string of the molecule is CC(C)Cc1cccc(C(=O)C(CN)C(C)C)c1. The molecule has 0 radical (unpaired) electrons. The number of ketones is 1. The highest BCUT2D eigenvalue weighted by atomic mass is 16.1. The van der Waals surface area contributed by atoms with Gasteiger partial charge in [-0.3, -0.25) is 4.79 Å². The first-order valence-electron chi connectivity index (χ1n) is 6.79. The summed E-state index contributed by atoms with van der Waals surface area (Å²) in [6.45, 7) is 8.89. The fourth-order valence-corrected chi connectivity index (χ4v) is 2.22. The van der Waals surface area contributed by atoms with E-state index in [1.807, 2.05) is 32.0 Å². The molecule has 0 spiro atoms. The van der Waals surface area contributed by atoms with Crippen molar-refractivity contribution < 1.29 is 4.79 Å². The number of benzene rings is 1. The summed E-state index contributed by atoms with van der Waals surface area (Å²) in [5, 5.41) is 0. The molecule has 0 amide bonds. The van der Waals surface area contributed by atoms with E-state index in [2.05, 4.69) is 19.9 Å². The first-order valence-corrected chi connectivity index (χ1v) is 6.79. The maximum Gasteiger partial charge on any atom is 0.167 e. The van der Waals surface area contributed by atoms with Crippen molar-refractivity contribution in [3.8, 4) is 0 Å². The summed E-state index contributed by atoms with van der Waals surface area (Å²) in [5.41, 5.74) is 7.74. The van der Waals surface area contributed by atoms with Crippen LogP contribution < -0.4 is 5.73 Å². The Kier molecular flexibility index (Phi) is 5.54. The monoisotopic (exact) mass is 247 g/mol. The highest BCUT2D eigenvalue weighted by Crippen LogP contribution is 2.18. The zero-order valence-corrected chi connectivity index (χ0v) is 11.9. The predicted molar refractivity (Wildman–Crippen MR) is 76.7 cm³/mol. The van der Waals surface area contributed by atoms with Gasteiger partial charge >= 0.3 is 0 Å². The largest absolute Gasteiger partial charge is 0.330 e. The van der Waals surface area contributed by atoms with Gasteiger partial charge in [0.1, 0.15) is 0 Å². The number of Topliss-reactive ketones (excluding diaryl/α,β-unsaturated/α-hetero) is 1. The van der Waals surface area contributed by atoms with Crippen molar-refractivity contribution in [3.63, 3.8) is 0 Å². The number of rotatable bonds is 6. The van der Waals surface area contributed by atoms with Gasteiger partial charge in [0.15, 0.2) is 5.78 Å². The van der Waals surface area contributed by atoms with Crippen LogP contribution in [0.4, 0.5) is 0 Å². The maximum atomic E-state index is 12.4. The van der Waals surface area contributed by atoms with Crippen molar-refractivity contribution in [1.82, 2.24) is 0 Å². The Balaban J connectivity index is 2.92. The zero-order chi connectivity index (χ0) is 13.7. The minimum absolute atomic E-state index is 0.0701. The first-order chi connectivity index (χ1) is 8.45. The molecule has 0 aliphatic heterocycles. The average Bonchev–Trinajstić information content (AvgIpc) is 2.28. The smallest absolute Gasteiger partial charge is 0.167 e. The van der Waals surface area contributed by atoms with E-state index in [1.54, 1.807) is 0 Å². The summed E-state index contributed by atoms with van der Waals surface area (Å²) >= 11 is 0. The van der Waals surface area contributed by atoms with E-state index < -0.39 is 0 Å². The topological polar surface area (TPSA) is 43.1 Å². The number of hydrogen-bond acceptors (Lipinski definition) is 2. The van der Waals surface area contributed by atoms with E-state index in [-0.39, 0.29) is 17.6 Å². The Labute approximate surface area is 111 Å². The van der Waals surface area contributed by atoms with E-state index in [1.165, 1.54) is 5.56 Å². The van der Waals surface area contributed by atoms with Gasteiger partial charge in [0.05, 0.1) is 0 Å². The molecule has 2 nitrogen and oxygen atoms in total. The molecule has 0 heterocycles. The lowest BCUT2D eigenvalue weighted by Crippen LogP contribution is -2.28. The summed E-state index contributed by atoms with van der Waals surface area (Å²) in [4.78, 5) is 12.4. The van der Waals surface area contributed by atoms with Gasteiger partial charge < -0.3 is 5.73 Å². The molecule has 100 valence electrons. The molecule has 1 rings (SSSR count). The number of hydrogen-bond donors (Lipinski definition) is 1. The molecule has 1 unspecified atom stereocenters. The van der Waals surface area contributed by atoms with Crippen molar-refractivity contribution >= 4 is 5.78 Å². The van der Waals surface area contributed by atoms with Crippen LogP contribution in [0.15, 0.2) is 24.3 Å². The van der Waals surface area contributed by atoms with E-state index in [9.17, 15) is 4.79 Å². The van der Waals surface area contributed by atoms with Gasteiger partial charge in [0.2, 0.25) is 0 Å². The Morgan fingerprint density at radius 2 is 1.89 bits per heavy atom. The Bertz CT molecular complexity index is 396. The fraction of sp³-hybridized carbons (Fsp3) is 0.562. The molecular formula is C16H25NO. The van der Waals surface area contributed by atoms with Crippen molar-refractivity contribution in [2.75, 3.05) is 6.54 Å². The number of nitrogens with two attached hydrogens (primary N) is 1. The van der Waals surface area contributed by atoms with E-state index in [4.69, 9.17) is 5.73 Å². The maximum absolute atomic E-state index is 12.4. The molecule has 0 fully saturated rings. The third kappa shape index (κ3) is 3.95. The van der Waals surface area contributed by atoms with Crippen LogP contribution in [0, 0.1) is 17.8 Å². The van der Waals surface area contributed by atoms with Crippen LogP contribution in [-0.2, 0) is 6.42 Å². The van der Waals surface area contributed by atoms with Crippen LogP contribution in [0.5, 0.6) is 0 Å². The molecule has 0 saturated carbocycles. The normalized spacial score (nSPS) is 13.1. The quantitative estimate of drug-likeness (QED) is 0.784. The Morgan fingerprint density at radius 1 is 1.22 bits per heavy atom. The zero-order valence-electron chi connectivity index (χ0n) is 11.9. The minimum atomic E-state index is -0.0701. The van der Waals surface area contributed by atoms with Crippen LogP contribution in [0.1, 0.15) is 43.6 Å². The Morgan fingerprint density at radius 3 is 2.39 bits per heavy atom. The predicted octanol–water partition coefficient (Wildman–Crippen LogP) is 3.30. The second kappa shape index (κ2) is 6.69. The third-order valence-electron chi connectivity index (χ3n) is 3.25. The summed E-state index contributed by atoms with van der Waals surface area (Å²) in [6, 6.07) is 7.98. The van der Waals surface area contributed by atoms with Crippen LogP contribution >= 0.6 is 0 Å². The molecular weight excluding hydrogens is 222 g/mol. The van der Waals surface area contributed by atoms with Crippen LogP contribution in [0.25, 0.3) is 0 Å². The van der Waals surface area contributed by atoms with Crippen LogP contribution in [-0.4, -0.2) is 12.3 Å². The van der Waals surface area contributed by atoms with Crippen molar-refractivity contribution in [2.45, 2.75) is 34.1 Å². The highest BCUT2D eigenvalue weighted by Gasteiger charge is 2.21. The van der Waals surface area contributed by atoms with Crippen molar-refractivity contribution in [1.29, 1.82) is 0 Å². The van der Waals surface area contributed by atoms with Crippen LogP contribution in [0.2, 0.25) is 0 Å². The molecule has 0 saturated heterocycles. The van der Waals surface area contributed by atoms with Gasteiger partial charge in [-0.15, -0.1) is 0 Å². The standard InChI is InChI=1S/C16H25NO/c1-11(2)8-13-6-5-7-14(9-13)16(18)15(10-17)12(3)4/h5-7,9,11-12,15H,8,10,17H2,1-4H3. The second-order valence-corrected chi connectivity index (χ2v) is 5.75. The lowest BCUT2D eigenvalue weighted by molar-refractivity contribution is 0.0892. The number of carbonyl (C=O) groups is 1. The van der Waals surface area contributed by atoms with Gasteiger partial charge in [-0.05, 0) is 29.9 Å². The summed E-state index contributed by atoms with van der Waals surface area (Å²) in [5.74, 6) is 0.999. The van der Waals surface area contributed by atoms with Crippen LogP contribution in [0.3, 0.4) is 0 Å². The molecule has 1 aromatic carbocycles. The van der Waals surface area contributed by atoms with Crippen molar-refractivity contribution in [3.05, 3.63) is 35.4 Å². The first kappa shape index (κ1) is 14.9. The van der Waals surface area contributed by atoms with Gasteiger partial charge in [-0.2, -0.15) is 0 Å². The average molecular weight is 247 g/mol. The molecule has 0 aliphatic rings. The Hall–Kier alpha value is -1.15. The molecule has 0 aromatic heterocycles. The van der Waals surface area contributed by atoms with E-state index >= 15 is 0 Å². The van der Waals surface area contributed by atoms with Crippen molar-refractivity contribution in [2.24, 2.45) is 23.5 Å². The summed E-state index contributed by atoms with van der Waals surface area (Å²) in [6.07, 6.45) is 1.01. The minimum Gasteiger partial charge on any atom is -0.330 e. The van der Waals surface area contributed by atoms with Gasteiger partial charge in [0, 0.05) is 18.0 Å². The molecule has 1 aromatic rings. The second-order valence-electron chi connectivity index (χ2n) is 5.75. The molecule has 2 heteroatoms. The van der Waals surface area contributed by atoms with Gasteiger partial charge in [0.25, 0.3) is 0 Å².